The van der Waals surface area contributed by atoms with E-state index in [2.05, 4.69) is 5.32 Å². The van der Waals surface area contributed by atoms with Crippen LogP contribution in [0.25, 0.3) is 0 Å². The summed E-state index contributed by atoms with van der Waals surface area (Å²) in [6.45, 7) is 2.87. The second-order valence-electron chi connectivity index (χ2n) is 4.30. The standard InChI is InChI=1S/C14H21FN2O2.ClH/c1-2-12(10-17-14(18)7-4-8-16)19-13-6-3-5-11(15)9-13;/h3,5-6,9,12H,2,4,7-8,10,16H2,1H3,(H,17,18);1H. The monoisotopic (exact) mass is 304 g/mol. The maximum Gasteiger partial charge on any atom is 0.220 e. The highest BCUT2D eigenvalue weighted by Crippen LogP contribution is 2.14. The number of nitrogens with one attached hydrogen (secondary N) is 1. The first-order valence-electron chi connectivity index (χ1n) is 6.54. The van der Waals surface area contributed by atoms with Crippen molar-refractivity contribution in [3.05, 3.63) is 30.1 Å². The van der Waals surface area contributed by atoms with Gasteiger partial charge in [-0.2, -0.15) is 0 Å². The van der Waals surface area contributed by atoms with Gasteiger partial charge in [0, 0.05) is 12.5 Å². The molecule has 0 aromatic heterocycles. The first kappa shape index (κ1) is 18.7. The Morgan fingerprint density at radius 2 is 2.25 bits per heavy atom. The van der Waals surface area contributed by atoms with Crippen molar-refractivity contribution in [1.82, 2.24) is 5.32 Å². The van der Waals surface area contributed by atoms with E-state index in [1.165, 1.54) is 12.1 Å². The van der Waals surface area contributed by atoms with Gasteiger partial charge in [0.25, 0.3) is 0 Å². The summed E-state index contributed by atoms with van der Waals surface area (Å²) in [4.78, 5) is 11.4. The van der Waals surface area contributed by atoms with Gasteiger partial charge >= 0.3 is 0 Å². The van der Waals surface area contributed by atoms with E-state index in [0.29, 0.717) is 31.7 Å². The molecule has 20 heavy (non-hydrogen) atoms. The SMILES string of the molecule is CCC(CNC(=O)CCCN)Oc1cccc(F)c1.Cl. The highest BCUT2D eigenvalue weighted by Gasteiger charge is 2.10. The summed E-state index contributed by atoms with van der Waals surface area (Å²) in [6.07, 6.45) is 1.66. The lowest BCUT2D eigenvalue weighted by molar-refractivity contribution is -0.121. The van der Waals surface area contributed by atoms with Crippen molar-refractivity contribution in [2.45, 2.75) is 32.3 Å². The maximum absolute atomic E-state index is 13.0. The van der Waals surface area contributed by atoms with E-state index in [9.17, 15) is 9.18 Å². The van der Waals surface area contributed by atoms with Crippen LogP contribution in [0.5, 0.6) is 5.75 Å². The van der Waals surface area contributed by atoms with Gasteiger partial charge < -0.3 is 15.8 Å². The molecule has 1 aromatic carbocycles. The number of carbonyl (C=O) groups is 1. The third-order valence-electron chi connectivity index (χ3n) is 2.69. The lowest BCUT2D eigenvalue weighted by atomic mass is 10.2. The number of halogens is 2. The van der Waals surface area contributed by atoms with Gasteiger partial charge in [0.15, 0.2) is 0 Å². The molecule has 1 rings (SSSR count). The van der Waals surface area contributed by atoms with E-state index in [1.54, 1.807) is 12.1 Å². The molecule has 0 heterocycles. The van der Waals surface area contributed by atoms with Gasteiger partial charge in [0.05, 0.1) is 6.54 Å². The van der Waals surface area contributed by atoms with Gasteiger partial charge in [-0.15, -0.1) is 12.4 Å². The number of carbonyl (C=O) groups excluding carboxylic acids is 1. The zero-order valence-corrected chi connectivity index (χ0v) is 12.4. The zero-order valence-electron chi connectivity index (χ0n) is 11.6. The van der Waals surface area contributed by atoms with E-state index in [0.717, 1.165) is 6.42 Å². The molecule has 4 nitrogen and oxygen atoms in total. The Morgan fingerprint density at radius 1 is 1.50 bits per heavy atom. The highest BCUT2D eigenvalue weighted by atomic mass is 35.5. The lowest BCUT2D eigenvalue weighted by Crippen LogP contribution is -2.35. The minimum Gasteiger partial charge on any atom is -0.489 e. The van der Waals surface area contributed by atoms with Crippen LogP contribution in [0.15, 0.2) is 24.3 Å². The fraction of sp³-hybridized carbons (Fsp3) is 0.500. The van der Waals surface area contributed by atoms with Gasteiger partial charge in [-0.05, 0) is 31.5 Å². The van der Waals surface area contributed by atoms with Crippen molar-refractivity contribution in [2.75, 3.05) is 13.1 Å². The molecule has 1 aromatic rings. The van der Waals surface area contributed by atoms with Gasteiger partial charge in [-0.3, -0.25) is 4.79 Å². The molecule has 1 atom stereocenters. The summed E-state index contributed by atoms with van der Waals surface area (Å²) in [5, 5.41) is 2.79. The largest absolute Gasteiger partial charge is 0.489 e. The molecular weight excluding hydrogens is 283 g/mol. The predicted octanol–water partition coefficient (Wildman–Crippen LogP) is 2.26. The van der Waals surface area contributed by atoms with Crippen LogP contribution in [0.4, 0.5) is 4.39 Å². The molecular formula is C14H22ClFN2O2. The summed E-state index contributed by atoms with van der Waals surface area (Å²) in [7, 11) is 0. The van der Waals surface area contributed by atoms with Crippen molar-refractivity contribution < 1.29 is 13.9 Å². The molecule has 0 saturated heterocycles. The molecule has 3 N–H and O–H groups in total. The molecule has 0 fully saturated rings. The van der Waals surface area contributed by atoms with E-state index in [-0.39, 0.29) is 30.2 Å². The van der Waals surface area contributed by atoms with Crippen molar-refractivity contribution in [2.24, 2.45) is 5.73 Å². The average molecular weight is 305 g/mol. The Kier molecular flexibility index (Phi) is 9.76. The lowest BCUT2D eigenvalue weighted by Gasteiger charge is -2.18. The Morgan fingerprint density at radius 3 is 2.85 bits per heavy atom. The summed E-state index contributed by atoms with van der Waals surface area (Å²) < 4.78 is 18.6. The number of hydrogen-bond donors (Lipinski definition) is 2. The van der Waals surface area contributed by atoms with Crippen LogP contribution < -0.4 is 15.8 Å². The third-order valence-corrected chi connectivity index (χ3v) is 2.69. The minimum absolute atomic E-state index is 0. The first-order chi connectivity index (χ1) is 9.15. The molecule has 0 radical (unpaired) electrons. The number of amides is 1. The summed E-state index contributed by atoms with van der Waals surface area (Å²) in [6, 6.07) is 5.99. The third kappa shape index (κ3) is 7.31. The highest BCUT2D eigenvalue weighted by molar-refractivity contribution is 5.85. The van der Waals surface area contributed by atoms with Gasteiger partial charge in [0.2, 0.25) is 5.91 Å². The average Bonchev–Trinajstić information content (AvgIpc) is 2.41. The predicted molar refractivity (Wildman–Crippen MR) is 79.7 cm³/mol. The Bertz CT molecular complexity index is 405. The Balaban J connectivity index is 0.00000361. The number of rotatable bonds is 8. The molecule has 6 heteroatoms. The summed E-state index contributed by atoms with van der Waals surface area (Å²) >= 11 is 0. The summed E-state index contributed by atoms with van der Waals surface area (Å²) in [5.41, 5.74) is 5.34. The van der Waals surface area contributed by atoms with Crippen LogP contribution >= 0.6 is 12.4 Å². The van der Waals surface area contributed by atoms with E-state index >= 15 is 0 Å². The summed E-state index contributed by atoms with van der Waals surface area (Å²) in [5.74, 6) is 0.106. The second-order valence-corrected chi connectivity index (χ2v) is 4.30. The van der Waals surface area contributed by atoms with Crippen LogP contribution in [-0.4, -0.2) is 25.1 Å². The van der Waals surface area contributed by atoms with Crippen LogP contribution in [0.2, 0.25) is 0 Å². The van der Waals surface area contributed by atoms with Crippen LogP contribution in [0.1, 0.15) is 26.2 Å². The van der Waals surface area contributed by atoms with E-state index < -0.39 is 0 Å². The van der Waals surface area contributed by atoms with E-state index in [1.807, 2.05) is 6.92 Å². The topological polar surface area (TPSA) is 64.4 Å². The number of nitrogens with two attached hydrogens (primary N) is 1. The fourth-order valence-electron chi connectivity index (χ4n) is 1.58. The Labute approximate surface area is 125 Å². The quantitative estimate of drug-likeness (QED) is 0.774. The van der Waals surface area contributed by atoms with Crippen molar-refractivity contribution in [1.29, 1.82) is 0 Å². The Hall–Kier alpha value is -1.33. The molecule has 1 amide bonds. The molecule has 0 spiro atoms. The van der Waals surface area contributed by atoms with Gasteiger partial charge in [-0.1, -0.05) is 13.0 Å². The maximum atomic E-state index is 13.0. The molecule has 114 valence electrons. The van der Waals surface area contributed by atoms with Crippen molar-refractivity contribution in [3.8, 4) is 5.75 Å². The molecule has 0 bridgehead atoms. The molecule has 0 aliphatic rings. The van der Waals surface area contributed by atoms with Crippen molar-refractivity contribution in [3.63, 3.8) is 0 Å². The van der Waals surface area contributed by atoms with E-state index in [4.69, 9.17) is 10.5 Å². The number of ether oxygens (including phenoxy) is 1. The molecule has 0 saturated carbocycles. The first-order valence-corrected chi connectivity index (χ1v) is 6.54. The normalized spacial score (nSPS) is 11.3. The van der Waals surface area contributed by atoms with Crippen LogP contribution in [0.3, 0.4) is 0 Å². The smallest absolute Gasteiger partial charge is 0.220 e. The van der Waals surface area contributed by atoms with Gasteiger partial charge in [0.1, 0.15) is 17.7 Å². The zero-order chi connectivity index (χ0) is 14.1. The molecule has 0 aliphatic carbocycles. The fourth-order valence-corrected chi connectivity index (χ4v) is 1.58. The number of hydrogen-bond acceptors (Lipinski definition) is 3. The van der Waals surface area contributed by atoms with Gasteiger partial charge in [-0.25, -0.2) is 4.39 Å². The number of benzene rings is 1. The van der Waals surface area contributed by atoms with Crippen LogP contribution in [-0.2, 0) is 4.79 Å². The molecule has 1 unspecified atom stereocenters. The molecule has 0 aliphatic heterocycles. The van der Waals surface area contributed by atoms with Crippen molar-refractivity contribution >= 4 is 18.3 Å². The van der Waals surface area contributed by atoms with Crippen LogP contribution in [0, 0.1) is 5.82 Å². The second kappa shape index (κ2) is 10.5. The minimum atomic E-state index is -0.334.